The molecule has 0 aliphatic heterocycles. The molecule has 4 heteroatoms. The molecule has 1 unspecified atom stereocenters. The molecule has 1 aromatic rings. The molecular formula is C14H21NO2S. The Morgan fingerprint density at radius 2 is 2.33 bits per heavy atom. The fourth-order valence-electron chi connectivity index (χ4n) is 2.28. The predicted octanol–water partition coefficient (Wildman–Crippen LogP) is 3.06. The second-order valence-corrected chi connectivity index (χ2v) is 6.71. The summed E-state index contributed by atoms with van der Waals surface area (Å²) in [5.41, 5.74) is 0.966. The number of esters is 1. The molecule has 0 spiro atoms. The average molecular weight is 267 g/mol. The number of nitrogens with one attached hydrogen (secondary N) is 1. The Bertz CT molecular complexity index is 420. The Kier molecular flexibility index (Phi) is 4.07. The monoisotopic (exact) mass is 267 g/mol. The van der Waals surface area contributed by atoms with Gasteiger partial charge in [-0.2, -0.15) is 0 Å². The van der Waals surface area contributed by atoms with Crippen LogP contribution in [0.15, 0.2) is 11.4 Å². The maximum atomic E-state index is 11.7. The Morgan fingerprint density at radius 1 is 1.56 bits per heavy atom. The summed E-state index contributed by atoms with van der Waals surface area (Å²) in [6, 6.07) is 2.49. The Labute approximate surface area is 113 Å². The fourth-order valence-corrected chi connectivity index (χ4v) is 3.27. The van der Waals surface area contributed by atoms with E-state index in [4.69, 9.17) is 4.74 Å². The van der Waals surface area contributed by atoms with Crippen LogP contribution in [-0.4, -0.2) is 18.1 Å². The number of thiophene rings is 1. The smallest absolute Gasteiger partial charge is 0.320 e. The summed E-state index contributed by atoms with van der Waals surface area (Å²) in [6.07, 6.45) is 3.48. The highest BCUT2D eigenvalue weighted by atomic mass is 32.1. The molecular weight excluding hydrogens is 246 g/mol. The van der Waals surface area contributed by atoms with Crippen molar-refractivity contribution in [2.45, 2.75) is 51.7 Å². The van der Waals surface area contributed by atoms with Crippen LogP contribution >= 0.6 is 11.3 Å². The second-order valence-electron chi connectivity index (χ2n) is 5.71. The lowest BCUT2D eigenvalue weighted by Gasteiger charge is -2.25. The molecule has 0 radical (unpaired) electrons. The second kappa shape index (κ2) is 5.41. The summed E-state index contributed by atoms with van der Waals surface area (Å²) in [7, 11) is 0. The van der Waals surface area contributed by atoms with Crippen molar-refractivity contribution in [2.75, 3.05) is 6.54 Å². The van der Waals surface area contributed by atoms with Gasteiger partial charge in [-0.15, -0.1) is 11.3 Å². The van der Waals surface area contributed by atoms with Crippen LogP contribution in [0, 0.1) is 0 Å². The van der Waals surface area contributed by atoms with Crippen molar-refractivity contribution >= 4 is 17.3 Å². The lowest BCUT2D eigenvalue weighted by atomic mass is 9.94. The first kappa shape index (κ1) is 13.6. The van der Waals surface area contributed by atoms with E-state index < -0.39 is 5.60 Å². The standard InChI is InChI=1S/C14H21NO2S/c1-14(2,3)17-13(16)9-15-11-5-4-6-12-10(11)7-8-18-12/h7-8,11,15H,4-6,9H2,1-3H3. The van der Waals surface area contributed by atoms with Crippen molar-refractivity contribution in [2.24, 2.45) is 0 Å². The van der Waals surface area contributed by atoms with Crippen molar-refractivity contribution in [1.29, 1.82) is 0 Å². The number of carbonyl (C=O) groups excluding carboxylic acids is 1. The van der Waals surface area contributed by atoms with Gasteiger partial charge in [0.25, 0.3) is 0 Å². The van der Waals surface area contributed by atoms with Gasteiger partial charge in [0.15, 0.2) is 0 Å². The zero-order chi connectivity index (χ0) is 13.2. The first-order chi connectivity index (χ1) is 8.46. The summed E-state index contributed by atoms with van der Waals surface area (Å²) < 4.78 is 5.30. The molecule has 0 fully saturated rings. The lowest BCUT2D eigenvalue weighted by Crippen LogP contribution is -2.34. The predicted molar refractivity (Wildman–Crippen MR) is 73.8 cm³/mol. The van der Waals surface area contributed by atoms with E-state index in [0.717, 1.165) is 6.42 Å². The average Bonchev–Trinajstić information content (AvgIpc) is 2.72. The van der Waals surface area contributed by atoms with Crippen LogP contribution in [0.5, 0.6) is 0 Å². The van der Waals surface area contributed by atoms with E-state index in [2.05, 4.69) is 16.8 Å². The van der Waals surface area contributed by atoms with Crippen molar-refractivity contribution < 1.29 is 9.53 Å². The third-order valence-electron chi connectivity index (χ3n) is 2.96. The third kappa shape index (κ3) is 3.56. The highest BCUT2D eigenvalue weighted by Gasteiger charge is 2.22. The van der Waals surface area contributed by atoms with E-state index in [9.17, 15) is 4.79 Å². The summed E-state index contributed by atoms with van der Waals surface area (Å²) >= 11 is 1.82. The fraction of sp³-hybridized carbons (Fsp3) is 0.643. The van der Waals surface area contributed by atoms with Gasteiger partial charge in [-0.1, -0.05) is 0 Å². The van der Waals surface area contributed by atoms with E-state index in [1.165, 1.54) is 23.3 Å². The van der Waals surface area contributed by atoms with Crippen molar-refractivity contribution in [1.82, 2.24) is 5.32 Å². The number of carbonyl (C=O) groups is 1. The van der Waals surface area contributed by atoms with Crippen LogP contribution in [0.3, 0.4) is 0 Å². The van der Waals surface area contributed by atoms with Gasteiger partial charge in [0.1, 0.15) is 5.60 Å². The molecule has 0 amide bonds. The number of rotatable bonds is 3. The van der Waals surface area contributed by atoms with Crippen LogP contribution in [0.2, 0.25) is 0 Å². The van der Waals surface area contributed by atoms with E-state index >= 15 is 0 Å². The topological polar surface area (TPSA) is 38.3 Å². The molecule has 2 rings (SSSR count). The van der Waals surface area contributed by atoms with Gasteiger partial charge < -0.3 is 4.74 Å². The molecule has 0 saturated heterocycles. The first-order valence-corrected chi connectivity index (χ1v) is 7.35. The number of ether oxygens (including phenoxy) is 1. The summed E-state index contributed by atoms with van der Waals surface area (Å²) in [6.45, 7) is 5.96. The molecule has 100 valence electrons. The number of hydrogen-bond donors (Lipinski definition) is 1. The molecule has 0 saturated carbocycles. The minimum Gasteiger partial charge on any atom is -0.459 e. The van der Waals surface area contributed by atoms with Crippen LogP contribution in [-0.2, 0) is 16.0 Å². The van der Waals surface area contributed by atoms with Gasteiger partial charge in [0.2, 0.25) is 0 Å². The van der Waals surface area contributed by atoms with Gasteiger partial charge in [-0.05, 0) is 57.0 Å². The molecule has 1 aliphatic rings. The molecule has 1 N–H and O–H groups in total. The van der Waals surface area contributed by atoms with E-state index in [0.29, 0.717) is 6.04 Å². The highest BCUT2D eigenvalue weighted by Crippen LogP contribution is 2.33. The van der Waals surface area contributed by atoms with Crippen molar-refractivity contribution in [3.8, 4) is 0 Å². The van der Waals surface area contributed by atoms with E-state index in [-0.39, 0.29) is 12.5 Å². The van der Waals surface area contributed by atoms with Gasteiger partial charge in [0, 0.05) is 10.9 Å². The van der Waals surface area contributed by atoms with Crippen molar-refractivity contribution in [3.05, 3.63) is 21.9 Å². The van der Waals surface area contributed by atoms with E-state index in [1.54, 1.807) is 0 Å². The van der Waals surface area contributed by atoms with E-state index in [1.807, 2.05) is 32.1 Å². The maximum Gasteiger partial charge on any atom is 0.320 e. The molecule has 0 bridgehead atoms. The van der Waals surface area contributed by atoms with Gasteiger partial charge in [-0.25, -0.2) is 0 Å². The molecule has 1 aliphatic carbocycles. The Hall–Kier alpha value is -0.870. The van der Waals surface area contributed by atoms with Crippen LogP contribution < -0.4 is 5.32 Å². The molecule has 0 aromatic carbocycles. The molecule has 1 aromatic heterocycles. The minimum absolute atomic E-state index is 0.176. The van der Waals surface area contributed by atoms with Crippen LogP contribution in [0.1, 0.15) is 50.1 Å². The lowest BCUT2D eigenvalue weighted by molar-refractivity contribution is -0.153. The quantitative estimate of drug-likeness (QED) is 0.855. The SMILES string of the molecule is CC(C)(C)OC(=O)CNC1CCCc2sccc21. The summed E-state index contributed by atoms with van der Waals surface area (Å²) in [4.78, 5) is 13.1. The van der Waals surface area contributed by atoms with Crippen LogP contribution in [0.25, 0.3) is 0 Å². The first-order valence-electron chi connectivity index (χ1n) is 6.47. The van der Waals surface area contributed by atoms with Gasteiger partial charge in [-0.3, -0.25) is 10.1 Å². The van der Waals surface area contributed by atoms with Crippen LogP contribution in [0.4, 0.5) is 0 Å². The largest absolute Gasteiger partial charge is 0.459 e. The molecule has 3 nitrogen and oxygen atoms in total. The number of fused-ring (bicyclic) bond motifs is 1. The third-order valence-corrected chi connectivity index (χ3v) is 3.96. The number of aryl methyl sites for hydroxylation is 1. The summed E-state index contributed by atoms with van der Waals surface area (Å²) in [5.74, 6) is -0.176. The van der Waals surface area contributed by atoms with Gasteiger partial charge >= 0.3 is 5.97 Å². The molecule has 1 atom stereocenters. The zero-order valence-corrected chi connectivity index (χ0v) is 12.1. The Balaban J connectivity index is 1.87. The number of hydrogen-bond acceptors (Lipinski definition) is 4. The normalized spacial score (nSPS) is 19.4. The molecule has 18 heavy (non-hydrogen) atoms. The minimum atomic E-state index is -0.404. The zero-order valence-electron chi connectivity index (χ0n) is 11.3. The molecule has 1 heterocycles. The van der Waals surface area contributed by atoms with Crippen molar-refractivity contribution in [3.63, 3.8) is 0 Å². The summed E-state index contributed by atoms with van der Waals surface area (Å²) in [5, 5.41) is 5.46. The van der Waals surface area contributed by atoms with Gasteiger partial charge in [0.05, 0.1) is 6.54 Å². The Morgan fingerprint density at radius 3 is 3.06 bits per heavy atom. The maximum absolute atomic E-state index is 11.7. The highest BCUT2D eigenvalue weighted by molar-refractivity contribution is 7.10.